The Morgan fingerprint density at radius 1 is 1.50 bits per heavy atom. The molecule has 1 aliphatic rings. The predicted octanol–water partition coefficient (Wildman–Crippen LogP) is 3.43. The molecule has 0 saturated heterocycles. The summed E-state index contributed by atoms with van der Waals surface area (Å²) in [5.74, 6) is 1.41. The summed E-state index contributed by atoms with van der Waals surface area (Å²) >= 11 is 7.87. The fourth-order valence-electron chi connectivity index (χ4n) is 1.88. The molecule has 2 rings (SSSR count). The summed E-state index contributed by atoms with van der Waals surface area (Å²) in [5, 5.41) is 0.572. The standard InChI is InChI=1S/C14H15ClNO2S.Y/c1-16-13(4-3-5-14(16)17)11-7-6-10(8-12(11)15)18-9-19-2;/h6-8H,3,5,9H2,1-2H3;/q-1;. The van der Waals surface area contributed by atoms with Gasteiger partial charge in [0.1, 0.15) is 11.7 Å². The van der Waals surface area contributed by atoms with E-state index < -0.39 is 0 Å². The molecule has 3 nitrogen and oxygen atoms in total. The van der Waals surface area contributed by atoms with Gasteiger partial charge in [0, 0.05) is 46.2 Å². The Hall–Kier alpha value is -0.0261. The third-order valence-electron chi connectivity index (χ3n) is 2.88. The number of allylic oxidation sites excluding steroid dienone is 1. The van der Waals surface area contributed by atoms with Gasteiger partial charge in [0.25, 0.3) is 0 Å². The average molecular weight is 386 g/mol. The maximum atomic E-state index is 11.7. The summed E-state index contributed by atoms with van der Waals surface area (Å²) < 4.78 is 5.49. The van der Waals surface area contributed by atoms with Crippen molar-refractivity contribution >= 4 is 35.0 Å². The van der Waals surface area contributed by atoms with E-state index in [4.69, 9.17) is 16.3 Å². The van der Waals surface area contributed by atoms with Gasteiger partial charge in [-0.25, -0.2) is 6.08 Å². The molecule has 6 heteroatoms. The van der Waals surface area contributed by atoms with Crippen LogP contribution in [0.1, 0.15) is 18.4 Å². The van der Waals surface area contributed by atoms with Crippen LogP contribution >= 0.6 is 23.4 Å². The van der Waals surface area contributed by atoms with Crippen LogP contribution in [0.15, 0.2) is 18.2 Å². The topological polar surface area (TPSA) is 29.5 Å². The number of amides is 1. The first-order valence-electron chi connectivity index (χ1n) is 5.92. The Kier molecular flexibility index (Phi) is 7.59. The Morgan fingerprint density at radius 3 is 2.90 bits per heavy atom. The van der Waals surface area contributed by atoms with Gasteiger partial charge in [-0.2, -0.15) is 0 Å². The molecule has 20 heavy (non-hydrogen) atoms. The largest absolute Gasteiger partial charge is 0.483 e. The Labute approximate surface area is 154 Å². The van der Waals surface area contributed by atoms with Crippen molar-refractivity contribution < 1.29 is 42.2 Å². The van der Waals surface area contributed by atoms with Gasteiger partial charge >= 0.3 is 0 Å². The summed E-state index contributed by atoms with van der Waals surface area (Å²) in [4.78, 5) is 13.3. The summed E-state index contributed by atoms with van der Waals surface area (Å²) in [6.07, 6.45) is 6.33. The zero-order chi connectivity index (χ0) is 13.8. The van der Waals surface area contributed by atoms with Crippen LogP contribution in [0.2, 0.25) is 5.02 Å². The number of hydrogen-bond donors (Lipinski definition) is 0. The number of hydrogen-bond acceptors (Lipinski definition) is 3. The maximum absolute atomic E-state index is 11.7. The molecule has 0 unspecified atom stereocenters. The number of rotatable bonds is 4. The Bertz CT molecular complexity index is 522. The van der Waals surface area contributed by atoms with E-state index in [1.807, 2.05) is 18.4 Å². The van der Waals surface area contributed by atoms with Crippen LogP contribution in [-0.2, 0) is 37.5 Å². The third-order valence-corrected chi connectivity index (χ3v) is 3.55. The van der Waals surface area contributed by atoms with Crippen LogP contribution in [0.5, 0.6) is 5.75 Å². The second kappa shape index (κ2) is 8.42. The Morgan fingerprint density at radius 2 is 2.25 bits per heavy atom. The third kappa shape index (κ3) is 4.23. The molecule has 0 fully saturated rings. The molecule has 1 heterocycles. The van der Waals surface area contributed by atoms with Crippen molar-refractivity contribution in [2.24, 2.45) is 0 Å². The molecule has 1 amide bonds. The van der Waals surface area contributed by atoms with Crippen molar-refractivity contribution in [2.75, 3.05) is 19.2 Å². The molecule has 105 valence electrons. The molecule has 1 aromatic rings. The molecule has 0 aromatic heterocycles. The SMILES string of the molecule is CSCOc1ccc(C2=[C-]CCC(=O)N2C)c(Cl)c1.[Y]. The van der Waals surface area contributed by atoms with E-state index in [-0.39, 0.29) is 38.6 Å². The number of thioether (sulfide) groups is 1. The number of carbonyl (C=O) groups excluding carboxylic acids is 1. The van der Waals surface area contributed by atoms with Gasteiger partial charge in [0.15, 0.2) is 0 Å². The summed E-state index contributed by atoms with van der Waals surface area (Å²) in [6.45, 7) is 0. The molecule has 0 spiro atoms. The zero-order valence-electron chi connectivity index (χ0n) is 11.5. The van der Waals surface area contributed by atoms with E-state index in [2.05, 4.69) is 6.08 Å². The first-order valence-corrected chi connectivity index (χ1v) is 7.69. The molecule has 0 saturated carbocycles. The van der Waals surface area contributed by atoms with Crippen molar-refractivity contribution in [3.05, 3.63) is 34.9 Å². The van der Waals surface area contributed by atoms with Crippen LogP contribution in [0.4, 0.5) is 0 Å². The summed E-state index contributed by atoms with van der Waals surface area (Å²) in [6, 6.07) is 5.50. The summed E-state index contributed by atoms with van der Waals surface area (Å²) in [7, 11) is 1.75. The fraction of sp³-hybridized carbons (Fsp3) is 0.357. The van der Waals surface area contributed by atoms with E-state index >= 15 is 0 Å². The van der Waals surface area contributed by atoms with E-state index in [9.17, 15) is 4.79 Å². The van der Waals surface area contributed by atoms with Gasteiger partial charge < -0.3 is 9.64 Å². The molecule has 1 aliphatic heterocycles. The van der Waals surface area contributed by atoms with Gasteiger partial charge in [-0.3, -0.25) is 4.79 Å². The Balaban J connectivity index is 0.00000200. The van der Waals surface area contributed by atoms with Crippen molar-refractivity contribution in [3.8, 4) is 5.75 Å². The summed E-state index contributed by atoms with van der Waals surface area (Å²) in [5.41, 5.74) is 1.56. The van der Waals surface area contributed by atoms with E-state index in [1.165, 1.54) is 0 Å². The molecular weight excluding hydrogens is 371 g/mol. The van der Waals surface area contributed by atoms with E-state index in [1.54, 1.807) is 29.8 Å². The second-order valence-corrected chi connectivity index (χ2v) is 5.39. The molecule has 0 N–H and O–H groups in total. The van der Waals surface area contributed by atoms with Gasteiger partial charge in [0.05, 0.1) is 0 Å². The average Bonchev–Trinajstić information content (AvgIpc) is 2.40. The predicted molar refractivity (Wildman–Crippen MR) is 79.1 cm³/mol. The molecule has 0 bridgehead atoms. The quantitative estimate of drug-likeness (QED) is 0.587. The number of ether oxygens (including phenoxy) is 1. The van der Waals surface area contributed by atoms with Crippen molar-refractivity contribution in [1.82, 2.24) is 4.90 Å². The smallest absolute Gasteiger partial charge is 0.222 e. The van der Waals surface area contributed by atoms with Gasteiger partial charge in [-0.05, 0) is 23.4 Å². The van der Waals surface area contributed by atoms with Crippen LogP contribution < -0.4 is 4.74 Å². The molecule has 0 aliphatic carbocycles. The second-order valence-electron chi connectivity index (χ2n) is 4.17. The molecule has 0 atom stereocenters. The van der Waals surface area contributed by atoms with Gasteiger partial charge in [0.2, 0.25) is 5.91 Å². The van der Waals surface area contributed by atoms with Crippen LogP contribution in [0.25, 0.3) is 5.70 Å². The van der Waals surface area contributed by atoms with Crippen molar-refractivity contribution in [2.45, 2.75) is 12.8 Å². The fourth-order valence-corrected chi connectivity index (χ4v) is 2.39. The van der Waals surface area contributed by atoms with Crippen LogP contribution in [-0.4, -0.2) is 30.0 Å². The normalized spacial score (nSPS) is 14.7. The number of halogens is 1. The van der Waals surface area contributed by atoms with Crippen LogP contribution in [0.3, 0.4) is 0 Å². The minimum Gasteiger partial charge on any atom is -0.483 e. The van der Waals surface area contributed by atoms with Crippen LogP contribution in [0, 0.1) is 6.08 Å². The number of nitrogens with zero attached hydrogens (tertiary/aromatic N) is 1. The minimum absolute atomic E-state index is 0. The first kappa shape index (κ1) is 18.0. The van der Waals surface area contributed by atoms with E-state index in [0.29, 0.717) is 23.8 Å². The molecule has 1 aromatic carbocycles. The number of carbonyl (C=O) groups is 1. The first-order chi connectivity index (χ1) is 9.13. The minimum atomic E-state index is 0. The van der Waals surface area contributed by atoms with E-state index in [0.717, 1.165) is 17.0 Å². The number of benzene rings is 1. The monoisotopic (exact) mass is 385 g/mol. The molecule has 1 radical (unpaired) electrons. The van der Waals surface area contributed by atoms with Crippen molar-refractivity contribution in [1.29, 1.82) is 0 Å². The maximum Gasteiger partial charge on any atom is 0.222 e. The zero-order valence-corrected chi connectivity index (χ0v) is 15.9. The molecular formula is C14H15ClNO2SY-. The van der Waals surface area contributed by atoms with Crippen molar-refractivity contribution in [3.63, 3.8) is 0 Å². The van der Waals surface area contributed by atoms with Gasteiger partial charge in [-0.15, -0.1) is 47.1 Å². The van der Waals surface area contributed by atoms with Gasteiger partial charge in [-0.1, -0.05) is 0 Å².